The lowest BCUT2D eigenvalue weighted by molar-refractivity contribution is 0.641. The number of halogens is 1. The van der Waals surface area contributed by atoms with E-state index in [-0.39, 0.29) is 5.41 Å². The molecule has 0 spiro atoms. The molecular formula is C21H23ClN2. The topological polar surface area (TPSA) is 35.9 Å². The van der Waals surface area contributed by atoms with E-state index >= 15 is 0 Å². The maximum Gasteiger partial charge on any atom is 0.0551 e. The van der Waals surface area contributed by atoms with Crippen molar-refractivity contribution in [3.8, 4) is 0 Å². The number of allylic oxidation sites excluding steroid dienone is 3. The molecule has 0 heterocycles. The highest BCUT2D eigenvalue weighted by Crippen LogP contribution is 2.32. The molecular weight excluding hydrogens is 316 g/mol. The van der Waals surface area contributed by atoms with Gasteiger partial charge in [-0.1, -0.05) is 56.3 Å². The molecule has 0 aromatic heterocycles. The number of hydrogen-bond donors (Lipinski definition) is 2. The van der Waals surface area contributed by atoms with Gasteiger partial charge in [0, 0.05) is 21.8 Å². The van der Waals surface area contributed by atoms with Crippen molar-refractivity contribution in [2.24, 2.45) is 0 Å². The van der Waals surface area contributed by atoms with Gasteiger partial charge in [0.25, 0.3) is 0 Å². The summed E-state index contributed by atoms with van der Waals surface area (Å²) in [4.78, 5) is 0. The molecule has 2 aromatic rings. The van der Waals surface area contributed by atoms with Crippen molar-refractivity contribution in [2.75, 3.05) is 5.32 Å². The van der Waals surface area contributed by atoms with E-state index in [0.717, 1.165) is 16.4 Å². The van der Waals surface area contributed by atoms with Gasteiger partial charge in [-0.15, -0.1) is 0 Å². The third kappa shape index (κ3) is 4.36. The molecule has 24 heavy (non-hydrogen) atoms. The monoisotopic (exact) mass is 338 g/mol. The minimum absolute atomic E-state index is 0.0982. The third-order valence-electron chi connectivity index (χ3n) is 4.11. The molecule has 3 heteroatoms. The van der Waals surface area contributed by atoms with Crippen molar-refractivity contribution in [1.82, 2.24) is 0 Å². The highest BCUT2D eigenvalue weighted by Gasteiger charge is 2.22. The molecule has 0 saturated carbocycles. The first-order valence-corrected chi connectivity index (χ1v) is 8.23. The van der Waals surface area contributed by atoms with Gasteiger partial charge < -0.3 is 10.7 Å². The summed E-state index contributed by atoms with van der Waals surface area (Å²) in [5.41, 5.74) is 4.65. The summed E-state index contributed by atoms with van der Waals surface area (Å²) < 4.78 is 0. The van der Waals surface area contributed by atoms with Crippen LogP contribution in [0, 0.1) is 5.41 Å². The van der Waals surface area contributed by atoms with Crippen LogP contribution in [0.3, 0.4) is 0 Å². The first-order valence-electron chi connectivity index (χ1n) is 7.86. The van der Waals surface area contributed by atoms with E-state index in [1.165, 1.54) is 17.2 Å². The molecule has 0 unspecified atom stereocenters. The number of benzene rings is 2. The Morgan fingerprint density at radius 1 is 1.04 bits per heavy atom. The molecule has 0 amide bonds. The number of nitrogens with one attached hydrogen (secondary N) is 2. The second-order valence-electron chi connectivity index (χ2n) is 6.32. The molecule has 0 aliphatic carbocycles. The number of rotatable bonds is 6. The second kappa shape index (κ2) is 7.50. The van der Waals surface area contributed by atoms with Crippen molar-refractivity contribution in [2.45, 2.75) is 26.2 Å². The molecule has 0 aliphatic heterocycles. The molecule has 0 aliphatic rings. The molecule has 0 fully saturated rings. The van der Waals surface area contributed by atoms with Crippen LogP contribution < -0.4 is 5.32 Å². The van der Waals surface area contributed by atoms with Crippen molar-refractivity contribution in [3.05, 3.63) is 89.1 Å². The lowest BCUT2D eigenvalue weighted by Gasteiger charge is -2.26. The van der Waals surface area contributed by atoms with Crippen LogP contribution in [0.15, 0.2) is 73.0 Å². The maximum atomic E-state index is 7.62. The number of hydrogen-bond acceptors (Lipinski definition) is 2. The zero-order valence-corrected chi connectivity index (χ0v) is 15.1. The van der Waals surface area contributed by atoms with E-state index in [2.05, 4.69) is 62.1 Å². The summed E-state index contributed by atoms with van der Waals surface area (Å²) in [6, 6.07) is 16.4. The van der Waals surface area contributed by atoms with Crippen LogP contribution in [-0.4, -0.2) is 5.71 Å². The highest BCUT2D eigenvalue weighted by atomic mass is 35.5. The Kier molecular flexibility index (Phi) is 5.63. The Morgan fingerprint density at radius 3 is 2.04 bits per heavy atom. The van der Waals surface area contributed by atoms with Gasteiger partial charge in [-0.05, 0) is 54.5 Å². The van der Waals surface area contributed by atoms with E-state index in [1.807, 2.05) is 19.1 Å². The van der Waals surface area contributed by atoms with Gasteiger partial charge in [0.1, 0.15) is 0 Å². The van der Waals surface area contributed by atoms with Crippen LogP contribution in [0.5, 0.6) is 0 Å². The van der Waals surface area contributed by atoms with Crippen molar-refractivity contribution < 1.29 is 0 Å². The molecule has 0 atom stereocenters. The SMILES string of the molecule is C=CC(=N)/C=C(/C)Nc1ccc(C(C)(C)c2ccc(Cl)cc2)cc1. The smallest absolute Gasteiger partial charge is 0.0551 e. The number of anilines is 1. The largest absolute Gasteiger partial charge is 0.359 e. The molecule has 2 aromatic carbocycles. The maximum absolute atomic E-state index is 7.62. The van der Waals surface area contributed by atoms with Crippen LogP contribution in [0.4, 0.5) is 5.69 Å². The molecule has 0 radical (unpaired) electrons. The summed E-state index contributed by atoms with van der Waals surface area (Å²) in [6.07, 6.45) is 3.27. The van der Waals surface area contributed by atoms with Crippen LogP contribution in [0.25, 0.3) is 0 Å². The van der Waals surface area contributed by atoms with E-state index in [4.69, 9.17) is 17.0 Å². The standard InChI is InChI=1S/C21H23ClN2/c1-5-19(23)14-15(2)24-20-12-8-17(9-13-20)21(3,4)16-6-10-18(22)11-7-16/h5-14,23-24H,1H2,2-4H3/b15-14-,23-19?. The van der Waals surface area contributed by atoms with Gasteiger partial charge in [0.15, 0.2) is 0 Å². The normalized spacial score (nSPS) is 11.9. The van der Waals surface area contributed by atoms with Gasteiger partial charge in [0.2, 0.25) is 0 Å². The predicted molar refractivity (Wildman–Crippen MR) is 105 cm³/mol. The Morgan fingerprint density at radius 2 is 1.54 bits per heavy atom. The first-order chi connectivity index (χ1) is 11.3. The summed E-state index contributed by atoms with van der Waals surface area (Å²) in [5, 5.41) is 11.7. The van der Waals surface area contributed by atoms with Crippen molar-refractivity contribution >= 4 is 23.0 Å². The van der Waals surface area contributed by atoms with Gasteiger partial charge in [-0.25, -0.2) is 0 Å². The minimum atomic E-state index is -0.0982. The van der Waals surface area contributed by atoms with E-state index in [9.17, 15) is 0 Å². The van der Waals surface area contributed by atoms with Gasteiger partial charge in [-0.2, -0.15) is 0 Å². The van der Waals surface area contributed by atoms with Crippen molar-refractivity contribution in [1.29, 1.82) is 5.41 Å². The van der Waals surface area contributed by atoms with Gasteiger partial charge in [0.05, 0.1) is 5.71 Å². The summed E-state index contributed by atoms with van der Waals surface area (Å²) in [5.74, 6) is 0. The summed E-state index contributed by atoms with van der Waals surface area (Å²) in [6.45, 7) is 9.93. The third-order valence-corrected chi connectivity index (χ3v) is 4.36. The zero-order chi connectivity index (χ0) is 17.7. The van der Waals surface area contributed by atoms with Crippen LogP contribution >= 0.6 is 11.6 Å². The molecule has 2 nitrogen and oxygen atoms in total. The fourth-order valence-corrected chi connectivity index (χ4v) is 2.69. The fraction of sp³-hybridized carbons (Fsp3) is 0.190. The summed E-state index contributed by atoms with van der Waals surface area (Å²) >= 11 is 5.99. The molecule has 124 valence electrons. The zero-order valence-electron chi connectivity index (χ0n) is 14.4. The fourth-order valence-electron chi connectivity index (χ4n) is 2.56. The Labute approximate surface area is 149 Å². The molecule has 2 N–H and O–H groups in total. The van der Waals surface area contributed by atoms with Crippen LogP contribution in [0.1, 0.15) is 31.9 Å². The Hall–Kier alpha value is -2.32. The van der Waals surface area contributed by atoms with Crippen LogP contribution in [0.2, 0.25) is 5.02 Å². The first kappa shape index (κ1) is 18.0. The lowest BCUT2D eigenvalue weighted by Crippen LogP contribution is -2.18. The van der Waals surface area contributed by atoms with Crippen molar-refractivity contribution in [3.63, 3.8) is 0 Å². The molecule has 0 bridgehead atoms. The molecule has 2 rings (SSSR count). The Bertz CT molecular complexity index is 753. The summed E-state index contributed by atoms with van der Waals surface area (Å²) in [7, 11) is 0. The van der Waals surface area contributed by atoms with Crippen LogP contribution in [-0.2, 0) is 5.41 Å². The quantitative estimate of drug-likeness (QED) is 0.605. The van der Waals surface area contributed by atoms with E-state index in [1.54, 1.807) is 6.08 Å². The lowest BCUT2D eigenvalue weighted by atomic mass is 9.78. The van der Waals surface area contributed by atoms with Gasteiger partial charge in [-0.3, -0.25) is 0 Å². The highest BCUT2D eigenvalue weighted by molar-refractivity contribution is 6.30. The average molecular weight is 339 g/mol. The molecule has 0 saturated heterocycles. The van der Waals surface area contributed by atoms with E-state index < -0.39 is 0 Å². The second-order valence-corrected chi connectivity index (χ2v) is 6.76. The Balaban J connectivity index is 2.19. The predicted octanol–water partition coefficient (Wildman–Crippen LogP) is 6.19. The minimum Gasteiger partial charge on any atom is -0.359 e. The van der Waals surface area contributed by atoms with Gasteiger partial charge >= 0.3 is 0 Å². The van der Waals surface area contributed by atoms with E-state index in [0.29, 0.717) is 5.71 Å². The average Bonchev–Trinajstić information content (AvgIpc) is 2.55.